The smallest absolute Gasteiger partial charge is 0.263 e. The summed E-state index contributed by atoms with van der Waals surface area (Å²) in [7, 11) is 0. The van der Waals surface area contributed by atoms with Crippen molar-refractivity contribution in [3.8, 4) is 6.07 Å². The molecule has 1 fully saturated rings. The lowest BCUT2D eigenvalue weighted by atomic mass is 9.95. The Morgan fingerprint density at radius 1 is 1.32 bits per heavy atom. The Labute approximate surface area is 179 Å². The van der Waals surface area contributed by atoms with Crippen molar-refractivity contribution in [3.63, 3.8) is 0 Å². The van der Waals surface area contributed by atoms with Gasteiger partial charge in [-0.15, -0.1) is 0 Å². The van der Waals surface area contributed by atoms with Crippen molar-refractivity contribution < 1.29 is 14.0 Å². The lowest BCUT2D eigenvalue weighted by Crippen LogP contribution is -2.54. The molecule has 0 radical (unpaired) electrons. The third kappa shape index (κ3) is 4.28. The number of amides is 2. The van der Waals surface area contributed by atoms with E-state index in [2.05, 4.69) is 25.9 Å². The van der Waals surface area contributed by atoms with Crippen molar-refractivity contribution in [2.75, 3.05) is 24.5 Å². The molecule has 0 saturated carbocycles. The number of allylic oxidation sites excluding steroid dienone is 3. The minimum absolute atomic E-state index is 0.0233. The highest BCUT2D eigenvalue weighted by molar-refractivity contribution is 6.21. The maximum absolute atomic E-state index is 13.8. The van der Waals surface area contributed by atoms with E-state index in [0.717, 1.165) is 5.82 Å². The van der Waals surface area contributed by atoms with E-state index in [4.69, 9.17) is 5.26 Å². The average molecular weight is 420 g/mol. The molecular weight excluding hydrogens is 399 g/mol. The van der Waals surface area contributed by atoms with Crippen LogP contribution in [0, 0.1) is 17.2 Å². The van der Waals surface area contributed by atoms with E-state index in [-0.39, 0.29) is 30.6 Å². The van der Waals surface area contributed by atoms with Crippen LogP contribution in [0.15, 0.2) is 52.4 Å². The summed E-state index contributed by atoms with van der Waals surface area (Å²) < 4.78 is 13.8. The number of piperazine rings is 1. The molecule has 158 valence electrons. The van der Waals surface area contributed by atoms with E-state index in [1.54, 1.807) is 18.3 Å². The summed E-state index contributed by atoms with van der Waals surface area (Å²) in [6.07, 6.45) is 6.29. The number of aliphatic imine (C=N–C) groups is 2. The lowest BCUT2D eigenvalue weighted by molar-refractivity contribution is -0.133. The monoisotopic (exact) mass is 420 g/mol. The van der Waals surface area contributed by atoms with Gasteiger partial charge in [-0.1, -0.05) is 6.08 Å². The Kier molecular flexibility index (Phi) is 5.71. The first-order valence-corrected chi connectivity index (χ1v) is 10.1. The van der Waals surface area contributed by atoms with Gasteiger partial charge in [0.25, 0.3) is 5.91 Å². The van der Waals surface area contributed by atoms with Crippen molar-refractivity contribution in [3.05, 3.63) is 47.9 Å². The first kappa shape index (κ1) is 20.6. The Balaban J connectivity index is 1.34. The molecule has 0 bridgehead atoms. The summed E-state index contributed by atoms with van der Waals surface area (Å²) in [5.41, 5.74) is 0.839. The molecule has 1 aromatic heterocycles. The van der Waals surface area contributed by atoms with Crippen LogP contribution in [-0.4, -0.2) is 58.9 Å². The van der Waals surface area contributed by atoms with Crippen molar-refractivity contribution in [2.24, 2.45) is 15.9 Å². The van der Waals surface area contributed by atoms with Gasteiger partial charge in [-0.25, -0.2) is 14.4 Å². The summed E-state index contributed by atoms with van der Waals surface area (Å²) in [5, 5.41) is 8.90. The number of hydrogen-bond donors (Lipinski definition) is 0. The maximum Gasteiger partial charge on any atom is 0.263 e. The van der Waals surface area contributed by atoms with Crippen LogP contribution in [0.2, 0.25) is 0 Å². The molecule has 4 rings (SSSR count). The summed E-state index contributed by atoms with van der Waals surface area (Å²) in [6, 6.07) is 5.57. The van der Waals surface area contributed by atoms with Crippen LogP contribution in [0.25, 0.3) is 0 Å². The second-order valence-corrected chi connectivity index (χ2v) is 7.65. The molecule has 0 N–H and O–H groups in total. The van der Waals surface area contributed by atoms with Gasteiger partial charge in [-0.05, 0) is 31.2 Å². The van der Waals surface area contributed by atoms with Crippen LogP contribution in [0.3, 0.4) is 0 Å². The minimum atomic E-state index is -1.05. The van der Waals surface area contributed by atoms with Crippen molar-refractivity contribution in [1.82, 2.24) is 9.88 Å². The topological polar surface area (TPSA) is 102 Å². The molecule has 1 aromatic rings. The number of rotatable bonds is 4. The van der Waals surface area contributed by atoms with E-state index >= 15 is 0 Å². The molecule has 1 saturated heterocycles. The molecule has 2 aliphatic heterocycles. The number of halogens is 1. The molecule has 1 unspecified atom stereocenters. The Morgan fingerprint density at radius 3 is 2.87 bits per heavy atom. The SMILES string of the molecule is C[C@H]1CN(c2ccc(C#N)cn2)CCN1C(=O)CCC1=NC(=O)C2C(F)=CC=CC2=N1. The largest absolute Gasteiger partial charge is 0.353 e. The van der Waals surface area contributed by atoms with Gasteiger partial charge >= 0.3 is 0 Å². The van der Waals surface area contributed by atoms with E-state index < -0.39 is 17.7 Å². The predicted molar refractivity (Wildman–Crippen MR) is 113 cm³/mol. The number of amidine groups is 1. The molecule has 2 amide bonds. The first-order chi connectivity index (χ1) is 15.0. The molecule has 8 nitrogen and oxygen atoms in total. The number of anilines is 1. The predicted octanol–water partition coefficient (Wildman–Crippen LogP) is 2.19. The molecule has 1 aliphatic carbocycles. The Bertz CT molecular complexity index is 1070. The van der Waals surface area contributed by atoms with Crippen molar-refractivity contribution in [2.45, 2.75) is 25.8 Å². The zero-order valence-electron chi connectivity index (χ0n) is 17.0. The average Bonchev–Trinajstić information content (AvgIpc) is 2.77. The van der Waals surface area contributed by atoms with Crippen LogP contribution in [0.1, 0.15) is 25.3 Å². The van der Waals surface area contributed by atoms with Crippen LogP contribution in [-0.2, 0) is 9.59 Å². The molecule has 31 heavy (non-hydrogen) atoms. The Hall–Kier alpha value is -3.67. The van der Waals surface area contributed by atoms with Gasteiger partial charge in [0, 0.05) is 44.7 Å². The molecule has 0 spiro atoms. The molecular formula is C22H21FN6O2. The van der Waals surface area contributed by atoms with E-state index in [1.165, 1.54) is 12.2 Å². The summed E-state index contributed by atoms with van der Waals surface area (Å²) in [5.74, 6) is -1.19. The molecule has 3 heterocycles. The quantitative estimate of drug-likeness (QED) is 0.743. The van der Waals surface area contributed by atoms with Gasteiger partial charge in [0.05, 0.1) is 11.3 Å². The number of nitrogens with zero attached hydrogens (tertiary/aromatic N) is 6. The highest BCUT2D eigenvalue weighted by Crippen LogP contribution is 2.25. The van der Waals surface area contributed by atoms with Gasteiger partial charge < -0.3 is 9.80 Å². The number of pyridine rings is 1. The van der Waals surface area contributed by atoms with Crippen molar-refractivity contribution in [1.29, 1.82) is 5.26 Å². The fourth-order valence-corrected chi connectivity index (χ4v) is 3.93. The summed E-state index contributed by atoms with van der Waals surface area (Å²) in [6.45, 7) is 3.78. The van der Waals surface area contributed by atoms with E-state index in [1.807, 2.05) is 17.9 Å². The number of carbonyl (C=O) groups is 2. The third-order valence-electron chi connectivity index (χ3n) is 5.55. The number of carbonyl (C=O) groups excluding carboxylic acids is 2. The zero-order valence-corrected chi connectivity index (χ0v) is 17.0. The molecule has 0 aromatic carbocycles. The van der Waals surface area contributed by atoms with E-state index in [9.17, 15) is 14.0 Å². The highest BCUT2D eigenvalue weighted by atomic mass is 19.1. The normalized spacial score (nSPS) is 22.9. The Morgan fingerprint density at radius 2 is 2.16 bits per heavy atom. The minimum Gasteiger partial charge on any atom is -0.353 e. The van der Waals surface area contributed by atoms with E-state index in [0.29, 0.717) is 30.9 Å². The number of aromatic nitrogens is 1. The second-order valence-electron chi connectivity index (χ2n) is 7.65. The van der Waals surface area contributed by atoms with Crippen LogP contribution >= 0.6 is 0 Å². The second kappa shape index (κ2) is 8.60. The third-order valence-corrected chi connectivity index (χ3v) is 5.55. The van der Waals surface area contributed by atoms with Crippen LogP contribution in [0.4, 0.5) is 10.2 Å². The van der Waals surface area contributed by atoms with Crippen LogP contribution < -0.4 is 4.90 Å². The number of fused-ring (bicyclic) bond motifs is 1. The summed E-state index contributed by atoms with van der Waals surface area (Å²) >= 11 is 0. The van der Waals surface area contributed by atoms with Gasteiger partial charge in [0.2, 0.25) is 5.91 Å². The lowest BCUT2D eigenvalue weighted by Gasteiger charge is -2.40. The van der Waals surface area contributed by atoms with Crippen LogP contribution in [0.5, 0.6) is 0 Å². The fraction of sp³-hybridized carbons (Fsp3) is 0.364. The molecule has 3 aliphatic rings. The van der Waals surface area contributed by atoms with Gasteiger partial charge in [-0.3, -0.25) is 9.59 Å². The molecule has 9 heteroatoms. The van der Waals surface area contributed by atoms with Gasteiger partial charge in [0.1, 0.15) is 29.5 Å². The van der Waals surface area contributed by atoms with Gasteiger partial charge in [-0.2, -0.15) is 10.3 Å². The number of nitriles is 1. The number of hydrogen-bond acceptors (Lipinski definition) is 6. The maximum atomic E-state index is 13.8. The first-order valence-electron chi connectivity index (χ1n) is 10.1. The highest BCUT2D eigenvalue weighted by Gasteiger charge is 2.33. The standard InChI is InChI=1S/C22H21FN6O2/c1-14-13-28(19-7-5-15(11-24)12-25-19)9-10-29(14)20(30)8-6-18-26-17-4-2-3-16(23)21(17)22(31)27-18/h2-5,7,12,14,21H,6,8-10,13H2,1H3/t14-,21?/m0/s1. The fourth-order valence-electron chi connectivity index (χ4n) is 3.93. The van der Waals surface area contributed by atoms with Gasteiger partial charge in [0.15, 0.2) is 0 Å². The van der Waals surface area contributed by atoms with Crippen molar-refractivity contribution >= 4 is 29.2 Å². The molecule has 2 atom stereocenters. The zero-order chi connectivity index (χ0) is 22.0. The summed E-state index contributed by atoms with van der Waals surface area (Å²) in [4.78, 5) is 41.3.